The molecule has 1 heterocycles. The van der Waals surface area contributed by atoms with Gasteiger partial charge in [-0.15, -0.1) is 24.0 Å². The Hall–Kier alpha value is -0.900. The lowest BCUT2D eigenvalue weighted by molar-refractivity contribution is 0.0683. The van der Waals surface area contributed by atoms with Gasteiger partial charge in [0.05, 0.1) is 6.54 Å². The number of halogens is 1. The molecule has 0 saturated heterocycles. The zero-order chi connectivity index (χ0) is 17.8. The van der Waals surface area contributed by atoms with Crippen molar-refractivity contribution in [2.75, 3.05) is 20.2 Å². The molecule has 0 fully saturated rings. The molecule has 0 amide bonds. The summed E-state index contributed by atoms with van der Waals surface area (Å²) in [7, 11) is 1.76. The van der Waals surface area contributed by atoms with Gasteiger partial charge in [-0.05, 0) is 26.2 Å². The summed E-state index contributed by atoms with van der Waals surface area (Å²) in [6, 6.07) is 0. The van der Waals surface area contributed by atoms with Crippen molar-refractivity contribution in [2.24, 2.45) is 10.9 Å². The molecule has 0 aromatic carbocycles. The first-order valence-electron chi connectivity index (χ1n) is 9.03. The number of rotatable bonds is 11. The molecule has 7 nitrogen and oxygen atoms in total. The van der Waals surface area contributed by atoms with Crippen molar-refractivity contribution < 1.29 is 9.26 Å². The van der Waals surface area contributed by atoms with Gasteiger partial charge in [-0.2, -0.15) is 4.98 Å². The van der Waals surface area contributed by atoms with Crippen molar-refractivity contribution in [3.05, 3.63) is 11.7 Å². The van der Waals surface area contributed by atoms with Gasteiger partial charge in [-0.3, -0.25) is 4.99 Å². The molecule has 1 aromatic heterocycles. The minimum absolute atomic E-state index is 0. The molecule has 1 aromatic rings. The lowest BCUT2D eigenvalue weighted by Gasteiger charge is -2.17. The van der Waals surface area contributed by atoms with Crippen molar-refractivity contribution in [3.8, 4) is 0 Å². The molecule has 0 aliphatic carbocycles. The highest BCUT2D eigenvalue weighted by molar-refractivity contribution is 14.0. The highest BCUT2D eigenvalue weighted by Gasteiger charge is 2.14. The van der Waals surface area contributed by atoms with Crippen LogP contribution < -0.4 is 10.6 Å². The summed E-state index contributed by atoms with van der Waals surface area (Å²) < 4.78 is 10.7. The van der Waals surface area contributed by atoms with Gasteiger partial charge in [0.15, 0.2) is 11.8 Å². The first-order chi connectivity index (χ1) is 11.6. The number of unbranched alkanes of at least 4 members (excludes halogenated alkanes) is 1. The van der Waals surface area contributed by atoms with Gasteiger partial charge in [0.25, 0.3) is 0 Å². The SMILES string of the molecule is CCCCC(CC)CNC(=NC)NCc1nc(C(C)OCC)no1.I. The molecule has 0 aliphatic rings. The second kappa shape index (κ2) is 14.3. The van der Waals surface area contributed by atoms with Gasteiger partial charge >= 0.3 is 0 Å². The van der Waals surface area contributed by atoms with E-state index in [1.165, 1.54) is 25.7 Å². The molecule has 146 valence electrons. The Morgan fingerprint density at radius 3 is 2.64 bits per heavy atom. The Bertz CT molecular complexity index is 481. The molecule has 0 bridgehead atoms. The summed E-state index contributed by atoms with van der Waals surface area (Å²) in [4.78, 5) is 8.58. The summed E-state index contributed by atoms with van der Waals surface area (Å²) in [6.45, 7) is 10.3. The van der Waals surface area contributed by atoms with Crippen LogP contribution in [-0.2, 0) is 11.3 Å². The van der Waals surface area contributed by atoms with Gasteiger partial charge in [0.2, 0.25) is 5.89 Å². The minimum Gasteiger partial charge on any atom is -0.371 e. The van der Waals surface area contributed by atoms with Crippen LogP contribution in [0.4, 0.5) is 0 Å². The third-order valence-corrected chi connectivity index (χ3v) is 4.00. The van der Waals surface area contributed by atoms with E-state index in [1.54, 1.807) is 7.05 Å². The predicted octanol–water partition coefficient (Wildman–Crippen LogP) is 3.67. The van der Waals surface area contributed by atoms with Crippen LogP contribution in [0.25, 0.3) is 0 Å². The van der Waals surface area contributed by atoms with E-state index in [-0.39, 0.29) is 30.1 Å². The number of hydrogen-bond acceptors (Lipinski definition) is 5. The molecule has 2 N–H and O–H groups in total. The molecular formula is C17H34IN5O2. The van der Waals surface area contributed by atoms with E-state index in [4.69, 9.17) is 9.26 Å². The van der Waals surface area contributed by atoms with E-state index in [9.17, 15) is 0 Å². The smallest absolute Gasteiger partial charge is 0.246 e. The average molecular weight is 467 g/mol. The maximum Gasteiger partial charge on any atom is 0.246 e. The summed E-state index contributed by atoms with van der Waals surface area (Å²) in [5.74, 6) is 2.52. The molecule has 2 atom stereocenters. The van der Waals surface area contributed by atoms with Crippen molar-refractivity contribution in [3.63, 3.8) is 0 Å². The zero-order valence-electron chi connectivity index (χ0n) is 16.2. The largest absolute Gasteiger partial charge is 0.371 e. The van der Waals surface area contributed by atoms with Crippen LogP contribution in [0.3, 0.4) is 0 Å². The second-order valence-electron chi connectivity index (χ2n) is 5.87. The molecule has 25 heavy (non-hydrogen) atoms. The predicted molar refractivity (Wildman–Crippen MR) is 111 cm³/mol. The number of nitrogens with zero attached hydrogens (tertiary/aromatic N) is 3. The van der Waals surface area contributed by atoms with Crippen molar-refractivity contribution >= 4 is 29.9 Å². The molecule has 8 heteroatoms. The number of aromatic nitrogens is 2. The number of nitrogens with one attached hydrogen (secondary N) is 2. The lowest BCUT2D eigenvalue weighted by atomic mass is 9.99. The van der Waals surface area contributed by atoms with Gasteiger partial charge in [0, 0.05) is 20.2 Å². The van der Waals surface area contributed by atoms with Gasteiger partial charge in [0.1, 0.15) is 6.10 Å². The second-order valence-corrected chi connectivity index (χ2v) is 5.87. The molecule has 1 rings (SSSR count). The molecule has 0 saturated carbocycles. The van der Waals surface area contributed by atoms with Crippen molar-refractivity contribution in [1.82, 2.24) is 20.8 Å². The summed E-state index contributed by atoms with van der Waals surface area (Å²) in [6.07, 6.45) is 4.78. The third-order valence-electron chi connectivity index (χ3n) is 4.00. The van der Waals surface area contributed by atoms with E-state index >= 15 is 0 Å². The Balaban J connectivity index is 0.00000576. The van der Waals surface area contributed by atoms with E-state index in [0.717, 1.165) is 12.5 Å². The highest BCUT2D eigenvalue weighted by Crippen LogP contribution is 2.13. The van der Waals surface area contributed by atoms with Crippen LogP contribution in [0, 0.1) is 5.92 Å². The number of guanidine groups is 1. The van der Waals surface area contributed by atoms with Crippen LogP contribution in [0.15, 0.2) is 9.52 Å². The fourth-order valence-corrected chi connectivity index (χ4v) is 2.39. The summed E-state index contributed by atoms with van der Waals surface area (Å²) >= 11 is 0. The van der Waals surface area contributed by atoms with Gasteiger partial charge in [-0.25, -0.2) is 0 Å². The van der Waals surface area contributed by atoms with Gasteiger partial charge < -0.3 is 19.9 Å². The molecule has 0 aliphatic heterocycles. The van der Waals surface area contributed by atoms with Crippen LogP contribution in [0.5, 0.6) is 0 Å². The molecule has 2 unspecified atom stereocenters. The first-order valence-corrected chi connectivity index (χ1v) is 9.03. The quantitative estimate of drug-likeness (QED) is 0.294. The maximum absolute atomic E-state index is 5.46. The monoisotopic (exact) mass is 467 g/mol. The molecular weight excluding hydrogens is 433 g/mol. The van der Waals surface area contributed by atoms with Crippen LogP contribution in [0.1, 0.15) is 71.2 Å². The highest BCUT2D eigenvalue weighted by atomic mass is 127. The first kappa shape index (κ1) is 24.1. The molecule has 0 radical (unpaired) electrons. The van der Waals surface area contributed by atoms with Crippen LogP contribution in [-0.4, -0.2) is 36.3 Å². The minimum atomic E-state index is -0.159. The zero-order valence-corrected chi connectivity index (χ0v) is 18.5. The standard InChI is InChI=1S/C17H33N5O2.HI/c1-6-9-10-14(7-2)11-19-17(18-5)20-12-15-21-16(22-24-15)13(4)23-8-3;/h13-14H,6-12H2,1-5H3,(H2,18,19,20);1H. The Morgan fingerprint density at radius 2 is 2.04 bits per heavy atom. The molecule has 0 spiro atoms. The number of ether oxygens (including phenoxy) is 1. The maximum atomic E-state index is 5.46. The Kier molecular flexibility index (Phi) is 13.8. The normalized spacial score (nSPS) is 13.9. The van der Waals surface area contributed by atoms with E-state index in [1.807, 2.05) is 13.8 Å². The summed E-state index contributed by atoms with van der Waals surface area (Å²) in [5, 5.41) is 10.5. The number of hydrogen-bond donors (Lipinski definition) is 2. The van der Waals surface area contributed by atoms with E-state index in [0.29, 0.717) is 30.8 Å². The third kappa shape index (κ3) is 9.39. The van der Waals surface area contributed by atoms with Crippen molar-refractivity contribution in [2.45, 2.75) is 66.0 Å². The van der Waals surface area contributed by atoms with E-state index in [2.05, 4.69) is 39.6 Å². The lowest BCUT2D eigenvalue weighted by Crippen LogP contribution is -2.39. The van der Waals surface area contributed by atoms with Gasteiger partial charge in [-0.1, -0.05) is 38.3 Å². The fourth-order valence-electron chi connectivity index (χ4n) is 2.39. The van der Waals surface area contributed by atoms with E-state index < -0.39 is 0 Å². The van der Waals surface area contributed by atoms with Crippen LogP contribution in [0.2, 0.25) is 0 Å². The Morgan fingerprint density at radius 1 is 1.28 bits per heavy atom. The van der Waals surface area contributed by atoms with Crippen LogP contribution >= 0.6 is 24.0 Å². The topological polar surface area (TPSA) is 84.6 Å². The van der Waals surface area contributed by atoms with Crippen molar-refractivity contribution in [1.29, 1.82) is 0 Å². The Labute approximate surface area is 168 Å². The summed E-state index contributed by atoms with van der Waals surface area (Å²) in [5.41, 5.74) is 0. The number of aliphatic imine (C=N–C) groups is 1. The average Bonchev–Trinajstić information content (AvgIpc) is 3.07. The fraction of sp³-hybridized carbons (Fsp3) is 0.824.